The molecule has 7 nitrogen and oxygen atoms in total. The fourth-order valence-electron chi connectivity index (χ4n) is 5.23. The number of anilines is 2. The summed E-state index contributed by atoms with van der Waals surface area (Å²) >= 11 is 0. The van der Waals surface area contributed by atoms with Gasteiger partial charge in [-0.25, -0.2) is 15.0 Å². The van der Waals surface area contributed by atoms with E-state index in [1.807, 2.05) is 4.57 Å². The number of aromatic nitrogens is 4. The third-order valence-corrected chi connectivity index (χ3v) is 7.46. The predicted octanol–water partition coefficient (Wildman–Crippen LogP) is 6.20. The molecule has 36 heavy (non-hydrogen) atoms. The molecule has 3 aromatic rings. The van der Waals surface area contributed by atoms with Crippen molar-refractivity contribution in [2.24, 2.45) is 11.3 Å². The monoisotopic (exact) mass is 498 g/mol. The van der Waals surface area contributed by atoms with Gasteiger partial charge in [-0.3, -0.25) is 4.57 Å². The summed E-state index contributed by atoms with van der Waals surface area (Å²) in [5, 5.41) is 12.4. The molecule has 0 bridgehead atoms. The number of nitrogens with zero attached hydrogens (tertiary/aromatic N) is 5. The van der Waals surface area contributed by atoms with Crippen molar-refractivity contribution in [3.63, 3.8) is 0 Å². The summed E-state index contributed by atoms with van der Waals surface area (Å²) in [6, 6.07) is 7.49. The van der Waals surface area contributed by atoms with Crippen LogP contribution in [0.2, 0.25) is 0 Å². The zero-order valence-electron chi connectivity index (χ0n) is 20.2. The summed E-state index contributed by atoms with van der Waals surface area (Å²) in [4.78, 5) is 14.2. The normalized spacial score (nSPS) is 22.3. The van der Waals surface area contributed by atoms with Crippen molar-refractivity contribution in [3.05, 3.63) is 41.9 Å². The number of nitriles is 1. The third kappa shape index (κ3) is 5.16. The minimum Gasteiger partial charge on any atom is -0.381 e. The maximum absolute atomic E-state index is 13.3. The Bertz CT molecular complexity index is 1270. The Morgan fingerprint density at radius 1 is 1.17 bits per heavy atom. The third-order valence-electron chi connectivity index (χ3n) is 7.46. The van der Waals surface area contributed by atoms with Crippen LogP contribution in [0.25, 0.3) is 11.2 Å². The highest BCUT2D eigenvalue weighted by Gasteiger charge is 2.32. The molecule has 1 aliphatic heterocycles. The van der Waals surface area contributed by atoms with E-state index in [4.69, 9.17) is 9.72 Å². The molecule has 1 aromatic carbocycles. The Balaban J connectivity index is 1.52. The van der Waals surface area contributed by atoms with Gasteiger partial charge in [-0.1, -0.05) is 13.0 Å². The van der Waals surface area contributed by atoms with E-state index in [9.17, 15) is 18.4 Å². The predicted molar refractivity (Wildman–Crippen MR) is 129 cm³/mol. The number of benzene rings is 1. The van der Waals surface area contributed by atoms with Crippen LogP contribution in [-0.4, -0.2) is 32.7 Å². The molecule has 10 heteroatoms. The summed E-state index contributed by atoms with van der Waals surface area (Å²) in [6.07, 6.45) is 2.94. The van der Waals surface area contributed by atoms with Gasteiger partial charge in [-0.05, 0) is 62.1 Å². The summed E-state index contributed by atoms with van der Waals surface area (Å²) < 4.78 is 47.4. The highest BCUT2D eigenvalue weighted by molar-refractivity contribution is 5.75. The van der Waals surface area contributed by atoms with Crippen LogP contribution in [0.5, 0.6) is 0 Å². The average Bonchev–Trinajstić information content (AvgIpc) is 3.21. The number of hydrogen-bond donors (Lipinski definition) is 1. The summed E-state index contributed by atoms with van der Waals surface area (Å²) in [6.45, 7) is 3.68. The number of hydrogen-bond acceptors (Lipinski definition) is 6. The van der Waals surface area contributed by atoms with E-state index in [0.717, 1.165) is 76.1 Å². The smallest absolute Gasteiger partial charge is 0.381 e. The van der Waals surface area contributed by atoms with Crippen LogP contribution in [0.3, 0.4) is 0 Å². The molecule has 1 saturated heterocycles. The quantitative estimate of drug-likeness (QED) is 0.450. The summed E-state index contributed by atoms with van der Waals surface area (Å²) in [5.41, 5.74) is 0.894. The highest BCUT2D eigenvalue weighted by atomic mass is 19.4. The van der Waals surface area contributed by atoms with E-state index in [-0.39, 0.29) is 17.4 Å². The van der Waals surface area contributed by atoms with Crippen LogP contribution in [0, 0.1) is 22.7 Å². The lowest BCUT2D eigenvalue weighted by Gasteiger charge is -2.32. The second-order valence-electron chi connectivity index (χ2n) is 10.2. The van der Waals surface area contributed by atoms with Gasteiger partial charge in [0.2, 0.25) is 5.95 Å². The number of halogens is 3. The maximum Gasteiger partial charge on any atom is 0.416 e. The van der Waals surface area contributed by atoms with E-state index in [0.29, 0.717) is 22.8 Å². The van der Waals surface area contributed by atoms with E-state index >= 15 is 0 Å². The van der Waals surface area contributed by atoms with Crippen LogP contribution in [-0.2, 0) is 17.3 Å². The fourth-order valence-corrected chi connectivity index (χ4v) is 5.23. The largest absolute Gasteiger partial charge is 0.416 e. The summed E-state index contributed by atoms with van der Waals surface area (Å²) in [7, 11) is 0. The summed E-state index contributed by atoms with van der Waals surface area (Å²) in [5.74, 6) is 1.19. The van der Waals surface area contributed by atoms with Crippen molar-refractivity contribution < 1.29 is 17.9 Å². The van der Waals surface area contributed by atoms with Crippen molar-refractivity contribution in [2.45, 2.75) is 64.1 Å². The van der Waals surface area contributed by atoms with Crippen LogP contribution >= 0.6 is 0 Å². The van der Waals surface area contributed by atoms with Gasteiger partial charge in [0.1, 0.15) is 11.3 Å². The molecule has 0 spiro atoms. The first-order chi connectivity index (χ1) is 17.2. The minimum atomic E-state index is -4.44. The maximum atomic E-state index is 13.3. The average molecular weight is 499 g/mol. The molecule has 3 heterocycles. The van der Waals surface area contributed by atoms with Gasteiger partial charge in [-0.15, -0.1) is 0 Å². The number of ether oxygens (including phenoxy) is 1. The Labute approximate surface area is 207 Å². The minimum absolute atomic E-state index is 0.0227. The van der Waals surface area contributed by atoms with Crippen molar-refractivity contribution >= 4 is 22.8 Å². The van der Waals surface area contributed by atoms with Gasteiger partial charge in [0, 0.05) is 37.3 Å². The molecule has 1 saturated carbocycles. The molecule has 1 aliphatic carbocycles. The van der Waals surface area contributed by atoms with E-state index < -0.39 is 11.7 Å². The molecule has 0 unspecified atom stereocenters. The van der Waals surface area contributed by atoms with Gasteiger partial charge in [0.15, 0.2) is 5.65 Å². The molecule has 190 valence electrons. The Morgan fingerprint density at radius 3 is 2.61 bits per heavy atom. The van der Waals surface area contributed by atoms with Gasteiger partial charge in [0.05, 0.1) is 17.8 Å². The second-order valence-corrected chi connectivity index (χ2v) is 10.2. The van der Waals surface area contributed by atoms with Gasteiger partial charge >= 0.3 is 6.18 Å². The lowest BCUT2D eigenvalue weighted by molar-refractivity contribution is -0.137. The SMILES string of the molecule is CC1(Cc2ncc3nc(Nc4cccc(C(F)(F)F)c4)n(C4CCC(C#N)CC4)c3n2)CCOCC1. The van der Waals surface area contributed by atoms with Crippen molar-refractivity contribution in [3.8, 4) is 6.07 Å². The Morgan fingerprint density at radius 2 is 1.92 bits per heavy atom. The molecule has 0 amide bonds. The number of imidazole rings is 1. The van der Waals surface area contributed by atoms with Gasteiger partial charge in [-0.2, -0.15) is 18.4 Å². The van der Waals surface area contributed by atoms with Crippen LogP contribution in [0.15, 0.2) is 30.5 Å². The van der Waals surface area contributed by atoms with Gasteiger partial charge < -0.3 is 10.1 Å². The molecular formula is C26H29F3N6O. The molecule has 2 fully saturated rings. The van der Waals surface area contributed by atoms with Crippen molar-refractivity contribution in [1.29, 1.82) is 5.26 Å². The molecule has 2 aromatic heterocycles. The first-order valence-electron chi connectivity index (χ1n) is 12.4. The van der Waals surface area contributed by atoms with Gasteiger partial charge in [0.25, 0.3) is 0 Å². The lowest BCUT2D eigenvalue weighted by atomic mass is 9.79. The number of fused-ring (bicyclic) bond motifs is 1. The van der Waals surface area contributed by atoms with E-state index in [1.165, 1.54) is 6.07 Å². The second kappa shape index (κ2) is 9.69. The first-order valence-corrected chi connectivity index (χ1v) is 12.4. The Kier molecular flexibility index (Phi) is 6.60. The van der Waals surface area contributed by atoms with Crippen LogP contribution in [0.4, 0.5) is 24.8 Å². The molecule has 5 rings (SSSR count). The number of alkyl halides is 3. The first kappa shape index (κ1) is 24.5. The molecule has 0 atom stereocenters. The van der Waals surface area contributed by atoms with E-state index in [2.05, 4.69) is 28.3 Å². The fraction of sp³-hybridized carbons (Fsp3) is 0.538. The number of nitrogens with one attached hydrogen (secondary N) is 1. The van der Waals surface area contributed by atoms with Crippen LogP contribution < -0.4 is 5.32 Å². The topological polar surface area (TPSA) is 88.7 Å². The zero-order valence-corrected chi connectivity index (χ0v) is 20.2. The standard InChI is InChI=1S/C26H29F3N6O/c1-25(9-11-36-12-10-25)14-22-31-16-21-23(34-22)35(20-7-5-17(15-30)6-8-20)24(33-21)32-19-4-2-3-18(13-19)26(27,28)29/h2-4,13,16-17,20H,5-12,14H2,1H3,(H,32,33). The Hall–Kier alpha value is -3.19. The number of rotatable bonds is 5. The van der Waals surface area contributed by atoms with Crippen molar-refractivity contribution in [1.82, 2.24) is 19.5 Å². The van der Waals surface area contributed by atoms with Crippen LogP contribution in [0.1, 0.15) is 62.9 Å². The molecule has 1 N–H and O–H groups in total. The lowest BCUT2D eigenvalue weighted by Crippen LogP contribution is -2.29. The van der Waals surface area contributed by atoms with E-state index in [1.54, 1.807) is 12.3 Å². The van der Waals surface area contributed by atoms with Crippen molar-refractivity contribution in [2.75, 3.05) is 18.5 Å². The highest BCUT2D eigenvalue weighted by Crippen LogP contribution is 2.38. The molecule has 0 radical (unpaired) electrons. The zero-order chi connectivity index (χ0) is 25.3. The molecular weight excluding hydrogens is 469 g/mol. The molecule has 2 aliphatic rings.